The standard InChI is InChI=1S/C16H10F5N3O/c17-11-3-4-14(10(5-11)7-22)24-15(25)23-8-9-1-2-12(18)6-13(9)16(19,20)21/h1-6H,8H2,(H2,23,24,25). The highest BCUT2D eigenvalue weighted by atomic mass is 19.4. The quantitative estimate of drug-likeness (QED) is 0.812. The van der Waals surface area contributed by atoms with Crippen molar-refractivity contribution in [3.8, 4) is 6.07 Å². The van der Waals surface area contributed by atoms with Gasteiger partial charge in [0.05, 0.1) is 16.8 Å². The van der Waals surface area contributed by atoms with Gasteiger partial charge in [0.15, 0.2) is 0 Å². The first kappa shape index (κ1) is 18.2. The fourth-order valence-electron chi connectivity index (χ4n) is 2.03. The minimum absolute atomic E-state index is 0.00319. The van der Waals surface area contributed by atoms with E-state index in [0.717, 1.165) is 30.3 Å². The molecule has 0 aliphatic carbocycles. The number of hydrogen-bond donors (Lipinski definition) is 2. The number of urea groups is 1. The Morgan fingerprint density at radius 2 is 1.72 bits per heavy atom. The number of hydrogen-bond acceptors (Lipinski definition) is 2. The van der Waals surface area contributed by atoms with Crippen molar-refractivity contribution in [1.29, 1.82) is 5.26 Å². The van der Waals surface area contributed by atoms with Crippen molar-refractivity contribution in [3.05, 3.63) is 64.7 Å². The number of anilines is 1. The summed E-state index contributed by atoms with van der Waals surface area (Å²) in [6.45, 7) is -0.524. The van der Waals surface area contributed by atoms with Crippen LogP contribution in [0.4, 0.5) is 32.4 Å². The lowest BCUT2D eigenvalue weighted by Crippen LogP contribution is -2.29. The number of nitriles is 1. The first-order valence-electron chi connectivity index (χ1n) is 6.81. The van der Waals surface area contributed by atoms with E-state index in [-0.39, 0.29) is 16.8 Å². The third-order valence-corrected chi connectivity index (χ3v) is 3.17. The highest BCUT2D eigenvalue weighted by Crippen LogP contribution is 2.32. The minimum Gasteiger partial charge on any atom is -0.334 e. The Hall–Kier alpha value is -3.15. The monoisotopic (exact) mass is 355 g/mol. The van der Waals surface area contributed by atoms with Gasteiger partial charge >= 0.3 is 12.2 Å². The van der Waals surface area contributed by atoms with Crippen molar-refractivity contribution >= 4 is 11.7 Å². The molecular weight excluding hydrogens is 345 g/mol. The van der Waals surface area contributed by atoms with Crippen LogP contribution in [-0.4, -0.2) is 6.03 Å². The SMILES string of the molecule is N#Cc1cc(F)ccc1NC(=O)NCc1ccc(F)cc1C(F)(F)F. The second kappa shape index (κ2) is 7.17. The lowest BCUT2D eigenvalue weighted by atomic mass is 10.1. The second-order valence-electron chi connectivity index (χ2n) is 4.91. The smallest absolute Gasteiger partial charge is 0.334 e. The summed E-state index contributed by atoms with van der Waals surface area (Å²) in [5.74, 6) is -1.73. The maximum Gasteiger partial charge on any atom is 0.416 e. The summed E-state index contributed by atoms with van der Waals surface area (Å²) in [6, 6.07) is 5.93. The molecule has 0 unspecified atom stereocenters. The number of nitrogens with zero attached hydrogens (tertiary/aromatic N) is 1. The van der Waals surface area contributed by atoms with Crippen LogP contribution in [0.3, 0.4) is 0 Å². The second-order valence-corrected chi connectivity index (χ2v) is 4.91. The van der Waals surface area contributed by atoms with Crippen LogP contribution in [0.5, 0.6) is 0 Å². The Kier molecular flexibility index (Phi) is 5.22. The summed E-state index contributed by atoms with van der Waals surface area (Å²) >= 11 is 0. The molecule has 0 heterocycles. The molecule has 0 aromatic heterocycles. The molecule has 0 saturated carbocycles. The zero-order chi connectivity index (χ0) is 18.6. The summed E-state index contributed by atoms with van der Waals surface area (Å²) < 4.78 is 64.6. The van der Waals surface area contributed by atoms with Gasteiger partial charge in [-0.25, -0.2) is 13.6 Å². The Labute approximate surface area is 138 Å². The maximum atomic E-state index is 13.0. The van der Waals surface area contributed by atoms with Crippen molar-refractivity contribution in [1.82, 2.24) is 5.32 Å². The molecule has 0 atom stereocenters. The molecule has 0 saturated heterocycles. The topological polar surface area (TPSA) is 64.9 Å². The summed E-state index contributed by atoms with van der Waals surface area (Å²) in [5.41, 5.74) is -1.68. The zero-order valence-corrected chi connectivity index (χ0v) is 12.4. The van der Waals surface area contributed by atoms with Crippen LogP contribution in [0, 0.1) is 23.0 Å². The molecule has 2 N–H and O–H groups in total. The first-order valence-corrected chi connectivity index (χ1v) is 6.81. The van der Waals surface area contributed by atoms with Crippen LogP contribution in [0.15, 0.2) is 36.4 Å². The van der Waals surface area contributed by atoms with Gasteiger partial charge in [0.25, 0.3) is 0 Å². The predicted octanol–water partition coefficient (Wildman–Crippen LogP) is 4.18. The lowest BCUT2D eigenvalue weighted by molar-refractivity contribution is -0.138. The molecule has 9 heteroatoms. The third-order valence-electron chi connectivity index (χ3n) is 3.17. The molecule has 0 fully saturated rings. The van der Waals surface area contributed by atoms with Crippen molar-refractivity contribution in [2.24, 2.45) is 0 Å². The van der Waals surface area contributed by atoms with E-state index in [1.165, 1.54) is 0 Å². The molecule has 0 aliphatic rings. The molecule has 0 radical (unpaired) electrons. The van der Waals surface area contributed by atoms with Crippen LogP contribution in [-0.2, 0) is 12.7 Å². The van der Waals surface area contributed by atoms with Crippen molar-refractivity contribution in [3.63, 3.8) is 0 Å². The largest absolute Gasteiger partial charge is 0.416 e. The van der Waals surface area contributed by atoms with Gasteiger partial charge in [0.2, 0.25) is 0 Å². The van der Waals surface area contributed by atoms with E-state index >= 15 is 0 Å². The molecule has 2 rings (SSSR count). The Bertz CT molecular complexity index is 843. The predicted molar refractivity (Wildman–Crippen MR) is 78.4 cm³/mol. The molecule has 4 nitrogen and oxygen atoms in total. The van der Waals surface area contributed by atoms with Gasteiger partial charge in [-0.15, -0.1) is 0 Å². The number of rotatable bonds is 3. The third kappa shape index (κ3) is 4.67. The molecule has 2 aromatic carbocycles. The van der Waals surface area contributed by atoms with Crippen molar-refractivity contribution in [2.75, 3.05) is 5.32 Å². The molecule has 130 valence electrons. The Morgan fingerprint density at radius 3 is 2.36 bits per heavy atom. The summed E-state index contributed by atoms with van der Waals surface area (Å²) in [4.78, 5) is 11.8. The van der Waals surface area contributed by atoms with Crippen molar-refractivity contribution < 1.29 is 26.7 Å². The van der Waals surface area contributed by atoms with Crippen molar-refractivity contribution in [2.45, 2.75) is 12.7 Å². The molecular formula is C16H10F5N3O. The van der Waals surface area contributed by atoms with Crippen LogP contribution < -0.4 is 10.6 Å². The van der Waals surface area contributed by atoms with E-state index in [1.807, 2.05) is 0 Å². The highest BCUT2D eigenvalue weighted by Gasteiger charge is 2.33. The van der Waals surface area contributed by atoms with E-state index in [4.69, 9.17) is 5.26 Å². The number of amides is 2. The summed E-state index contributed by atoms with van der Waals surface area (Å²) in [6.07, 6.45) is -4.78. The number of carbonyl (C=O) groups excluding carboxylic acids is 1. The Morgan fingerprint density at radius 1 is 1.08 bits per heavy atom. The number of carbonyl (C=O) groups is 1. The van der Waals surface area contributed by atoms with Gasteiger partial charge in [-0.05, 0) is 35.9 Å². The summed E-state index contributed by atoms with van der Waals surface area (Å²) in [7, 11) is 0. The van der Waals surface area contributed by atoms with Gasteiger partial charge in [-0.3, -0.25) is 0 Å². The van der Waals surface area contributed by atoms with Gasteiger partial charge < -0.3 is 10.6 Å². The lowest BCUT2D eigenvalue weighted by Gasteiger charge is -2.14. The molecule has 2 aromatic rings. The summed E-state index contributed by atoms with van der Waals surface area (Å²) in [5, 5.41) is 13.3. The normalized spacial score (nSPS) is 10.9. The van der Waals surface area contributed by atoms with Gasteiger partial charge in [0.1, 0.15) is 17.7 Å². The van der Waals surface area contributed by atoms with E-state index in [2.05, 4.69) is 10.6 Å². The van der Waals surface area contributed by atoms with Crippen LogP contribution >= 0.6 is 0 Å². The number of alkyl halides is 3. The van der Waals surface area contributed by atoms with E-state index in [1.54, 1.807) is 6.07 Å². The van der Waals surface area contributed by atoms with Gasteiger partial charge in [-0.1, -0.05) is 6.07 Å². The maximum absolute atomic E-state index is 13.0. The van der Waals surface area contributed by atoms with Gasteiger partial charge in [0, 0.05) is 6.54 Å². The number of benzene rings is 2. The van der Waals surface area contributed by atoms with Crippen LogP contribution in [0.2, 0.25) is 0 Å². The minimum atomic E-state index is -4.78. The van der Waals surface area contributed by atoms with Gasteiger partial charge in [-0.2, -0.15) is 18.4 Å². The van der Waals surface area contributed by atoms with Crippen LogP contribution in [0.25, 0.3) is 0 Å². The average Bonchev–Trinajstić information content (AvgIpc) is 2.54. The fraction of sp³-hybridized carbons (Fsp3) is 0.125. The molecule has 25 heavy (non-hydrogen) atoms. The zero-order valence-electron chi connectivity index (χ0n) is 12.4. The number of nitrogens with one attached hydrogen (secondary N) is 2. The number of halogens is 5. The van der Waals surface area contributed by atoms with E-state index in [0.29, 0.717) is 6.07 Å². The first-order chi connectivity index (χ1) is 11.7. The molecule has 0 bridgehead atoms. The fourth-order valence-corrected chi connectivity index (χ4v) is 2.03. The molecule has 0 aliphatic heterocycles. The Balaban J connectivity index is 2.10. The van der Waals surface area contributed by atoms with Crippen LogP contribution in [0.1, 0.15) is 16.7 Å². The molecule has 0 spiro atoms. The average molecular weight is 355 g/mol. The van der Waals surface area contributed by atoms with E-state index in [9.17, 15) is 26.7 Å². The van der Waals surface area contributed by atoms with E-state index < -0.39 is 36.0 Å². The highest BCUT2D eigenvalue weighted by molar-refractivity contribution is 5.90. The molecule has 2 amide bonds.